The SMILES string of the molecule is CC[C@H](C)[C@H](CO)N1C(=O)[C@@H]2[C@H]3C(=O)N[C@@H](c4ccccc4)COC(=O)CC/C=C\CN(Cn4nnc5ccccc54)C(=O)[C@@H]1[C@]21C=C(Br)[C@H]3O1. The van der Waals surface area contributed by atoms with Crippen molar-refractivity contribution in [1.29, 1.82) is 0 Å². The van der Waals surface area contributed by atoms with Crippen LogP contribution in [0.2, 0.25) is 0 Å². The third-order valence-corrected chi connectivity index (χ3v) is 11.4. The van der Waals surface area contributed by atoms with Gasteiger partial charge in [-0.3, -0.25) is 19.2 Å². The number of amides is 3. The molecule has 0 unspecified atom stereocenters. The number of halogens is 1. The van der Waals surface area contributed by atoms with Gasteiger partial charge >= 0.3 is 5.97 Å². The predicted octanol–water partition coefficient (Wildman–Crippen LogP) is 3.25. The molecule has 3 aromatic rings. The lowest BCUT2D eigenvalue weighted by molar-refractivity contribution is -0.153. The monoisotopic (exact) mass is 760 g/mol. The molecule has 0 saturated carbocycles. The number of rotatable bonds is 7. The number of nitrogens with zero attached hydrogens (tertiary/aromatic N) is 5. The number of nitrogens with one attached hydrogen (secondary N) is 1. The lowest BCUT2D eigenvalue weighted by Crippen LogP contribution is -2.59. The third-order valence-electron chi connectivity index (χ3n) is 10.7. The highest BCUT2D eigenvalue weighted by Crippen LogP contribution is 2.59. The fourth-order valence-electron chi connectivity index (χ4n) is 7.92. The Hall–Kier alpha value is -4.40. The summed E-state index contributed by atoms with van der Waals surface area (Å²) >= 11 is 3.62. The van der Waals surface area contributed by atoms with E-state index in [2.05, 4.69) is 31.6 Å². The number of cyclic esters (lactones) is 1. The summed E-state index contributed by atoms with van der Waals surface area (Å²) in [6.07, 6.45) is 5.64. The Bertz CT molecular complexity index is 1880. The van der Waals surface area contributed by atoms with E-state index in [1.54, 1.807) is 21.7 Å². The number of carbonyl (C=O) groups is 4. The molecule has 0 aliphatic carbocycles. The maximum absolute atomic E-state index is 15.2. The molecule has 4 aliphatic heterocycles. The molecule has 13 nitrogen and oxygen atoms in total. The minimum Gasteiger partial charge on any atom is -0.463 e. The molecule has 1 aromatic heterocycles. The van der Waals surface area contributed by atoms with Gasteiger partial charge in [0.1, 0.15) is 36.5 Å². The number of benzene rings is 2. The number of carbonyl (C=O) groups excluding carboxylic acids is 4. The lowest BCUT2D eigenvalue weighted by atomic mass is 9.74. The van der Waals surface area contributed by atoms with Crippen LogP contribution < -0.4 is 5.32 Å². The van der Waals surface area contributed by atoms with Crippen LogP contribution in [-0.2, 0) is 35.3 Å². The number of hydrogen-bond acceptors (Lipinski definition) is 9. The van der Waals surface area contributed by atoms with E-state index in [-0.39, 0.29) is 38.8 Å². The van der Waals surface area contributed by atoms with Crippen LogP contribution in [0, 0.1) is 17.8 Å². The Labute approximate surface area is 303 Å². The third kappa shape index (κ3) is 6.16. The van der Waals surface area contributed by atoms with E-state index < -0.39 is 65.4 Å². The van der Waals surface area contributed by atoms with Gasteiger partial charge < -0.3 is 29.7 Å². The van der Waals surface area contributed by atoms with Gasteiger partial charge in [0.25, 0.3) is 5.91 Å². The summed E-state index contributed by atoms with van der Waals surface area (Å²) in [5.74, 6) is -4.01. The van der Waals surface area contributed by atoms with Crippen molar-refractivity contribution in [3.63, 3.8) is 0 Å². The molecule has 268 valence electrons. The second-order valence-corrected chi connectivity index (χ2v) is 14.6. The first kappa shape index (κ1) is 35.0. The van der Waals surface area contributed by atoms with Gasteiger partial charge in [0.2, 0.25) is 11.8 Å². The lowest BCUT2D eigenvalue weighted by Gasteiger charge is -2.40. The molecular weight excluding hydrogens is 720 g/mol. The number of allylic oxidation sites excluding steroid dienone is 1. The maximum Gasteiger partial charge on any atom is 0.306 e. The minimum atomic E-state index is -1.50. The highest BCUT2D eigenvalue weighted by molar-refractivity contribution is 9.11. The van der Waals surface area contributed by atoms with Gasteiger partial charge in [-0.2, -0.15) is 0 Å². The number of likely N-dealkylation sites (tertiary alicyclic amines) is 1. The molecule has 2 saturated heterocycles. The highest BCUT2D eigenvalue weighted by Gasteiger charge is 2.75. The maximum atomic E-state index is 15.2. The zero-order valence-corrected chi connectivity index (χ0v) is 30.0. The summed E-state index contributed by atoms with van der Waals surface area (Å²) in [5.41, 5.74) is 0.597. The topological polar surface area (TPSA) is 156 Å². The molecule has 5 heterocycles. The Morgan fingerprint density at radius 1 is 1.06 bits per heavy atom. The number of hydrogen-bond donors (Lipinski definition) is 2. The van der Waals surface area contributed by atoms with E-state index in [1.165, 1.54) is 4.90 Å². The molecule has 8 atom stereocenters. The molecule has 2 fully saturated rings. The van der Waals surface area contributed by atoms with Gasteiger partial charge in [0.15, 0.2) is 0 Å². The van der Waals surface area contributed by atoms with Gasteiger partial charge in [-0.25, -0.2) is 4.68 Å². The van der Waals surface area contributed by atoms with E-state index in [0.717, 1.165) is 5.56 Å². The van der Waals surface area contributed by atoms with E-state index in [1.807, 2.05) is 74.5 Å². The standard InChI is InChI=1S/C37H41BrN6O7/c1-3-22(2)28(19-45)44-33-36(49)42(21-43-27-15-10-9-14-25(27)40-41-43)17-11-5-8-16-29(46)50-20-26(23-12-6-4-7-13-23)39-34(47)30-31(35(44)48)37(33)18-24(38)32(30)51-37/h4-7,9-15,18,22,26,28,30-33,45H,3,8,16-17,19-21H2,1-2H3,(H,39,47)/b11-5-/t22-,26+,28-,30+,31-,32+,33+,37-/m0/s1. The van der Waals surface area contributed by atoms with Crippen LogP contribution >= 0.6 is 15.9 Å². The number of aliphatic hydroxyl groups excluding tert-OH is 1. The zero-order valence-electron chi connectivity index (χ0n) is 28.4. The molecule has 14 heteroatoms. The van der Waals surface area contributed by atoms with E-state index in [9.17, 15) is 19.5 Å². The molecule has 4 aliphatic rings. The molecule has 51 heavy (non-hydrogen) atoms. The quantitative estimate of drug-likeness (QED) is 0.273. The van der Waals surface area contributed by atoms with Crippen LogP contribution in [0.1, 0.15) is 44.7 Å². The molecular formula is C37H41BrN6O7. The number of ether oxygens (including phenoxy) is 2. The van der Waals surface area contributed by atoms with Crippen LogP contribution in [0.25, 0.3) is 11.0 Å². The van der Waals surface area contributed by atoms with Gasteiger partial charge in [-0.05, 0) is 36.1 Å². The molecule has 1 spiro atoms. The van der Waals surface area contributed by atoms with Crippen LogP contribution in [0.3, 0.4) is 0 Å². The summed E-state index contributed by atoms with van der Waals surface area (Å²) in [6.45, 7) is 3.52. The van der Waals surface area contributed by atoms with Crippen molar-refractivity contribution in [2.45, 2.75) is 69.6 Å². The summed E-state index contributed by atoms with van der Waals surface area (Å²) in [6, 6.07) is 14.0. The minimum absolute atomic E-state index is 0.00485. The van der Waals surface area contributed by atoms with Crippen molar-refractivity contribution in [2.75, 3.05) is 19.8 Å². The number of esters is 1. The summed E-state index contributed by atoms with van der Waals surface area (Å²) in [4.78, 5) is 60.4. The van der Waals surface area contributed by atoms with Crippen LogP contribution in [-0.4, -0.2) is 97.1 Å². The number of aromatic nitrogens is 3. The number of para-hydroxylation sites is 1. The molecule has 2 aromatic carbocycles. The second kappa shape index (κ2) is 14.3. The Balaban J connectivity index is 1.34. The van der Waals surface area contributed by atoms with Gasteiger partial charge in [0, 0.05) is 17.4 Å². The molecule has 3 amide bonds. The smallest absolute Gasteiger partial charge is 0.306 e. The average Bonchev–Trinajstić information content (AvgIpc) is 3.86. The van der Waals surface area contributed by atoms with Crippen LogP contribution in [0.4, 0.5) is 0 Å². The number of fused-ring (bicyclic) bond motifs is 3. The van der Waals surface area contributed by atoms with Crippen molar-refractivity contribution in [3.8, 4) is 0 Å². The number of aliphatic hydroxyl groups is 1. The molecule has 0 radical (unpaired) electrons. The predicted molar refractivity (Wildman–Crippen MR) is 188 cm³/mol. The van der Waals surface area contributed by atoms with Crippen molar-refractivity contribution in [1.82, 2.24) is 30.1 Å². The molecule has 7 rings (SSSR count). The zero-order chi connectivity index (χ0) is 35.9. The largest absolute Gasteiger partial charge is 0.463 e. The average molecular weight is 762 g/mol. The summed E-state index contributed by atoms with van der Waals surface area (Å²) in [5, 5.41) is 22.4. The van der Waals surface area contributed by atoms with Gasteiger partial charge in [0.05, 0.1) is 36.0 Å². The fourth-order valence-corrected chi connectivity index (χ4v) is 8.66. The summed E-state index contributed by atoms with van der Waals surface area (Å²) in [7, 11) is 0. The second-order valence-electron chi connectivity index (χ2n) is 13.7. The van der Waals surface area contributed by atoms with E-state index in [0.29, 0.717) is 28.4 Å². The molecule has 5 bridgehead atoms. The Morgan fingerprint density at radius 2 is 1.82 bits per heavy atom. The van der Waals surface area contributed by atoms with Gasteiger partial charge in [-0.1, -0.05) is 96.0 Å². The van der Waals surface area contributed by atoms with Crippen molar-refractivity contribution < 1.29 is 33.8 Å². The highest BCUT2D eigenvalue weighted by atomic mass is 79.9. The molecule has 2 N–H and O–H groups in total. The van der Waals surface area contributed by atoms with E-state index >= 15 is 4.79 Å². The first-order valence-electron chi connectivity index (χ1n) is 17.4. The van der Waals surface area contributed by atoms with Crippen molar-refractivity contribution >= 4 is 50.7 Å². The van der Waals surface area contributed by atoms with Crippen molar-refractivity contribution in [3.05, 3.63) is 82.9 Å². The Kier molecular flexibility index (Phi) is 9.83. The first-order chi connectivity index (χ1) is 24.7. The normalized spacial score (nSPS) is 30.2. The fraction of sp³-hybridized carbons (Fsp3) is 0.459. The van der Waals surface area contributed by atoms with E-state index in [4.69, 9.17) is 9.47 Å². The van der Waals surface area contributed by atoms with Crippen LogP contribution in [0.5, 0.6) is 0 Å². The van der Waals surface area contributed by atoms with Gasteiger partial charge in [-0.15, -0.1) is 5.10 Å². The van der Waals surface area contributed by atoms with Crippen molar-refractivity contribution in [2.24, 2.45) is 17.8 Å². The first-order valence-corrected chi connectivity index (χ1v) is 18.2. The Morgan fingerprint density at radius 3 is 2.59 bits per heavy atom. The summed E-state index contributed by atoms with van der Waals surface area (Å²) < 4.78 is 14.5. The van der Waals surface area contributed by atoms with Crippen LogP contribution in [0.15, 0.2) is 77.3 Å².